The summed E-state index contributed by atoms with van der Waals surface area (Å²) in [5.74, 6) is 0.633. The number of carbonyl (C=O) groups is 1. The van der Waals surface area contributed by atoms with Crippen LogP contribution in [0.1, 0.15) is 56.1 Å². The Morgan fingerprint density at radius 3 is 2.92 bits per heavy atom. The standard InChI is InChI=1S/C21H30BrNO2/c1-16-13-20(22)12-11-18(16)14-23-15-19-9-6-5-8-17(19)7-3-2-4-10-21(24)25/h3,7,11-13,17,19,23H,2,4-6,8-10,14-15H2,1H3,(H,24,25)/b7-3-/t17-,19+/m0/s1. The van der Waals surface area contributed by atoms with Gasteiger partial charge in [-0.3, -0.25) is 4.79 Å². The van der Waals surface area contributed by atoms with Crippen LogP contribution in [0.15, 0.2) is 34.8 Å². The summed E-state index contributed by atoms with van der Waals surface area (Å²) in [5, 5.41) is 12.3. The van der Waals surface area contributed by atoms with Crippen LogP contribution in [-0.2, 0) is 11.3 Å². The number of carboxylic acid groups (broad SMARTS) is 1. The second-order valence-electron chi connectivity index (χ2n) is 7.12. The van der Waals surface area contributed by atoms with Gasteiger partial charge in [-0.15, -0.1) is 0 Å². The number of nitrogens with one attached hydrogen (secondary N) is 1. The molecule has 3 nitrogen and oxygen atoms in total. The van der Waals surface area contributed by atoms with E-state index in [1.54, 1.807) is 0 Å². The summed E-state index contributed by atoms with van der Waals surface area (Å²) in [6.45, 7) is 4.13. The second-order valence-corrected chi connectivity index (χ2v) is 8.04. The summed E-state index contributed by atoms with van der Waals surface area (Å²) in [6.07, 6.45) is 11.6. The van der Waals surface area contributed by atoms with Crippen molar-refractivity contribution >= 4 is 21.9 Å². The number of aryl methyl sites for hydroxylation is 1. The van der Waals surface area contributed by atoms with Gasteiger partial charge in [-0.2, -0.15) is 0 Å². The summed E-state index contributed by atoms with van der Waals surface area (Å²) in [5.41, 5.74) is 2.68. The third kappa shape index (κ3) is 7.33. The van der Waals surface area contributed by atoms with E-state index in [0.29, 0.717) is 11.8 Å². The van der Waals surface area contributed by atoms with Crippen LogP contribution in [0.25, 0.3) is 0 Å². The molecule has 1 aliphatic rings. The molecule has 0 radical (unpaired) electrons. The molecule has 0 unspecified atom stereocenters. The predicted octanol–water partition coefficient (Wildman–Crippen LogP) is 5.46. The lowest BCUT2D eigenvalue weighted by Crippen LogP contribution is -2.29. The predicted molar refractivity (Wildman–Crippen MR) is 107 cm³/mol. The highest BCUT2D eigenvalue weighted by atomic mass is 79.9. The molecule has 1 aliphatic carbocycles. The first-order chi connectivity index (χ1) is 12.1. The highest BCUT2D eigenvalue weighted by Gasteiger charge is 2.22. The van der Waals surface area contributed by atoms with E-state index in [2.05, 4.69) is 58.5 Å². The third-order valence-corrected chi connectivity index (χ3v) is 5.63. The SMILES string of the molecule is Cc1cc(Br)ccc1CNC[C@H]1CCCC[C@@H]1/C=C\CCCC(=O)O. The zero-order chi connectivity index (χ0) is 18.1. The molecule has 2 N–H and O–H groups in total. The molecule has 25 heavy (non-hydrogen) atoms. The number of carboxylic acids is 1. The van der Waals surface area contributed by atoms with E-state index < -0.39 is 5.97 Å². The van der Waals surface area contributed by atoms with Crippen LogP contribution >= 0.6 is 15.9 Å². The minimum absolute atomic E-state index is 0.270. The van der Waals surface area contributed by atoms with Crippen LogP contribution in [0.3, 0.4) is 0 Å². The molecule has 4 heteroatoms. The van der Waals surface area contributed by atoms with Gasteiger partial charge in [-0.05, 0) is 74.2 Å². The van der Waals surface area contributed by atoms with Crippen molar-refractivity contribution in [2.24, 2.45) is 11.8 Å². The highest BCUT2D eigenvalue weighted by molar-refractivity contribution is 9.10. The van der Waals surface area contributed by atoms with Crippen molar-refractivity contribution in [3.63, 3.8) is 0 Å². The summed E-state index contributed by atoms with van der Waals surface area (Å²) >= 11 is 3.52. The number of hydrogen-bond donors (Lipinski definition) is 2. The van der Waals surface area contributed by atoms with Crippen molar-refractivity contribution in [1.82, 2.24) is 5.32 Å². The van der Waals surface area contributed by atoms with Crippen molar-refractivity contribution in [2.75, 3.05) is 6.54 Å². The Labute approximate surface area is 160 Å². The molecule has 2 rings (SSSR count). The molecule has 1 fully saturated rings. The normalized spacial score (nSPS) is 20.9. The maximum atomic E-state index is 10.6. The highest BCUT2D eigenvalue weighted by Crippen LogP contribution is 2.31. The van der Waals surface area contributed by atoms with Crippen LogP contribution < -0.4 is 5.32 Å². The molecule has 138 valence electrons. The van der Waals surface area contributed by atoms with Gasteiger partial charge in [0.1, 0.15) is 0 Å². The lowest BCUT2D eigenvalue weighted by Gasteiger charge is -2.30. The summed E-state index contributed by atoms with van der Waals surface area (Å²) in [4.78, 5) is 10.6. The lowest BCUT2D eigenvalue weighted by atomic mass is 9.79. The molecule has 1 aromatic carbocycles. The number of benzene rings is 1. The van der Waals surface area contributed by atoms with Crippen LogP contribution in [0.5, 0.6) is 0 Å². The number of rotatable bonds is 9. The van der Waals surface area contributed by atoms with Gasteiger partial charge in [0.05, 0.1) is 0 Å². The monoisotopic (exact) mass is 407 g/mol. The first-order valence-electron chi connectivity index (χ1n) is 9.40. The van der Waals surface area contributed by atoms with E-state index in [1.807, 2.05) is 0 Å². The smallest absolute Gasteiger partial charge is 0.303 e. The van der Waals surface area contributed by atoms with Crippen molar-refractivity contribution in [3.05, 3.63) is 46.0 Å². The van der Waals surface area contributed by atoms with E-state index in [-0.39, 0.29) is 6.42 Å². The van der Waals surface area contributed by atoms with Crippen LogP contribution in [0.2, 0.25) is 0 Å². The number of unbranched alkanes of at least 4 members (excludes halogenated alkanes) is 1. The average molecular weight is 408 g/mol. The molecular weight excluding hydrogens is 378 g/mol. The summed E-state index contributed by atoms with van der Waals surface area (Å²) in [6, 6.07) is 6.46. The van der Waals surface area contributed by atoms with Gasteiger partial charge in [-0.25, -0.2) is 0 Å². The molecule has 0 aromatic heterocycles. The zero-order valence-corrected chi connectivity index (χ0v) is 16.7. The van der Waals surface area contributed by atoms with Crippen molar-refractivity contribution in [3.8, 4) is 0 Å². The Morgan fingerprint density at radius 2 is 2.16 bits per heavy atom. The largest absolute Gasteiger partial charge is 0.481 e. The Kier molecular flexibility index (Phi) is 8.70. The van der Waals surface area contributed by atoms with Gasteiger partial charge in [0.2, 0.25) is 0 Å². The van der Waals surface area contributed by atoms with Gasteiger partial charge >= 0.3 is 5.97 Å². The Morgan fingerprint density at radius 1 is 1.36 bits per heavy atom. The van der Waals surface area contributed by atoms with E-state index in [4.69, 9.17) is 5.11 Å². The maximum Gasteiger partial charge on any atom is 0.303 e. The topological polar surface area (TPSA) is 49.3 Å². The van der Waals surface area contributed by atoms with Crippen molar-refractivity contribution in [1.29, 1.82) is 0 Å². The average Bonchev–Trinajstić information content (AvgIpc) is 2.57. The fourth-order valence-electron chi connectivity index (χ4n) is 3.64. The Bertz CT molecular complexity index is 585. The van der Waals surface area contributed by atoms with E-state index >= 15 is 0 Å². The number of allylic oxidation sites excluding steroid dienone is 2. The number of hydrogen-bond acceptors (Lipinski definition) is 2. The van der Waals surface area contributed by atoms with E-state index in [0.717, 1.165) is 30.4 Å². The third-order valence-electron chi connectivity index (χ3n) is 5.14. The summed E-state index contributed by atoms with van der Waals surface area (Å²) < 4.78 is 1.13. The van der Waals surface area contributed by atoms with Gasteiger partial charge in [-0.1, -0.05) is 47.0 Å². The molecule has 0 saturated heterocycles. The Hall–Kier alpha value is -1.13. The van der Waals surface area contributed by atoms with Gasteiger partial charge in [0.25, 0.3) is 0 Å². The quantitative estimate of drug-likeness (QED) is 0.421. The van der Waals surface area contributed by atoms with Gasteiger partial charge in [0.15, 0.2) is 0 Å². The molecule has 0 heterocycles. The Balaban J connectivity index is 1.77. The van der Waals surface area contributed by atoms with Crippen LogP contribution in [0, 0.1) is 18.8 Å². The fourth-order valence-corrected chi connectivity index (χ4v) is 4.11. The molecule has 0 amide bonds. The minimum atomic E-state index is -0.698. The molecular formula is C21H30BrNO2. The van der Waals surface area contributed by atoms with Gasteiger partial charge in [0, 0.05) is 17.4 Å². The molecule has 1 saturated carbocycles. The molecule has 1 aromatic rings. The van der Waals surface area contributed by atoms with Gasteiger partial charge < -0.3 is 10.4 Å². The number of aliphatic carboxylic acids is 1. The fraction of sp³-hybridized carbons (Fsp3) is 0.571. The molecule has 2 atom stereocenters. The van der Waals surface area contributed by atoms with E-state index in [9.17, 15) is 4.79 Å². The summed E-state index contributed by atoms with van der Waals surface area (Å²) in [7, 11) is 0. The lowest BCUT2D eigenvalue weighted by molar-refractivity contribution is -0.137. The van der Waals surface area contributed by atoms with Crippen LogP contribution in [-0.4, -0.2) is 17.6 Å². The first-order valence-corrected chi connectivity index (χ1v) is 10.2. The van der Waals surface area contributed by atoms with Crippen molar-refractivity contribution < 1.29 is 9.90 Å². The minimum Gasteiger partial charge on any atom is -0.481 e. The van der Waals surface area contributed by atoms with Crippen LogP contribution in [0.4, 0.5) is 0 Å². The van der Waals surface area contributed by atoms with E-state index in [1.165, 1.54) is 36.8 Å². The second kappa shape index (κ2) is 10.8. The molecule has 0 aliphatic heterocycles. The zero-order valence-electron chi connectivity index (χ0n) is 15.1. The molecule has 0 bridgehead atoms. The number of halogens is 1. The first kappa shape index (κ1) is 20.2. The maximum absolute atomic E-state index is 10.6. The van der Waals surface area contributed by atoms with Crippen molar-refractivity contribution in [2.45, 2.75) is 58.4 Å². The molecule has 0 spiro atoms.